The van der Waals surface area contributed by atoms with Gasteiger partial charge in [0.05, 0.1) is 12.1 Å². The number of aromatic nitrogens is 2. The van der Waals surface area contributed by atoms with Crippen LogP contribution in [0.1, 0.15) is 40.9 Å². The molecule has 3 aromatic rings. The largest absolute Gasteiger partial charge is 0.486 e. The lowest BCUT2D eigenvalue weighted by molar-refractivity contribution is -0.152. The smallest absolute Gasteiger partial charge is 0.409 e. The van der Waals surface area contributed by atoms with Crippen LogP contribution in [0.3, 0.4) is 0 Å². The normalized spacial score (nSPS) is 14.0. The molecule has 14 heteroatoms. The minimum Gasteiger partial charge on any atom is -0.486 e. The summed E-state index contributed by atoms with van der Waals surface area (Å²) in [5.41, 5.74) is 1.85. The molecule has 1 unspecified atom stereocenters. The van der Waals surface area contributed by atoms with E-state index < -0.39 is 29.8 Å². The number of carbonyl (C=O) groups is 4. The molecule has 0 spiro atoms. The maximum Gasteiger partial charge on any atom is 0.409 e. The fraction of sp³-hybridized carbons (Fsp3) is 0.429. The number of hydrogen-bond acceptors (Lipinski definition) is 9. The first-order valence-electron chi connectivity index (χ1n) is 13.4. The fourth-order valence-corrected chi connectivity index (χ4v) is 4.67. The van der Waals surface area contributed by atoms with Gasteiger partial charge in [0.2, 0.25) is 5.91 Å². The van der Waals surface area contributed by atoms with Gasteiger partial charge in [-0.05, 0) is 44.9 Å². The van der Waals surface area contributed by atoms with E-state index >= 15 is 0 Å². The Hall–Kier alpha value is -4.39. The molecule has 13 nitrogen and oxygen atoms in total. The minimum absolute atomic E-state index is 0.0452. The SMILES string of the molecule is CCOC(=O)N1CCN(C(=O)C(CCNC(=O)c2cc(OCc3cc(C)on3)c3cc(Cl)c(C)cc3n2)C(=O)O)CC1. The summed E-state index contributed by atoms with van der Waals surface area (Å²) in [6.45, 7) is 6.38. The molecule has 3 amide bonds. The van der Waals surface area contributed by atoms with Crippen LogP contribution in [0.25, 0.3) is 10.9 Å². The average molecular weight is 602 g/mol. The highest BCUT2D eigenvalue weighted by Gasteiger charge is 2.33. The molecule has 1 aromatic carbocycles. The minimum atomic E-state index is -1.36. The summed E-state index contributed by atoms with van der Waals surface area (Å²) >= 11 is 6.33. The molecule has 1 aliphatic heterocycles. The Morgan fingerprint density at radius 2 is 1.81 bits per heavy atom. The molecule has 0 radical (unpaired) electrons. The van der Waals surface area contributed by atoms with Crippen molar-refractivity contribution in [3.8, 4) is 5.75 Å². The topological polar surface area (TPSA) is 164 Å². The van der Waals surface area contributed by atoms with Gasteiger partial charge in [-0.15, -0.1) is 0 Å². The number of nitrogens with zero attached hydrogens (tertiary/aromatic N) is 4. The lowest BCUT2D eigenvalue weighted by atomic mass is 10.0. The van der Waals surface area contributed by atoms with Crippen LogP contribution in [-0.4, -0.2) is 88.3 Å². The number of ether oxygens (including phenoxy) is 2. The van der Waals surface area contributed by atoms with Crippen molar-refractivity contribution in [1.82, 2.24) is 25.3 Å². The molecule has 224 valence electrons. The molecule has 0 bridgehead atoms. The zero-order valence-electron chi connectivity index (χ0n) is 23.5. The van der Waals surface area contributed by atoms with Crippen molar-refractivity contribution in [3.05, 3.63) is 52.0 Å². The van der Waals surface area contributed by atoms with E-state index in [1.807, 2.05) is 6.92 Å². The van der Waals surface area contributed by atoms with Gasteiger partial charge in [0.1, 0.15) is 35.4 Å². The molecular weight excluding hydrogens is 570 g/mol. The number of nitrogens with one attached hydrogen (secondary N) is 1. The van der Waals surface area contributed by atoms with Gasteiger partial charge in [-0.1, -0.05) is 16.8 Å². The van der Waals surface area contributed by atoms with Crippen LogP contribution in [0.15, 0.2) is 28.8 Å². The van der Waals surface area contributed by atoms with Crippen LogP contribution in [-0.2, 0) is 20.9 Å². The van der Waals surface area contributed by atoms with Crippen molar-refractivity contribution >= 4 is 46.4 Å². The third-order valence-corrected chi connectivity index (χ3v) is 7.18. The van der Waals surface area contributed by atoms with Crippen LogP contribution in [0, 0.1) is 19.8 Å². The van der Waals surface area contributed by atoms with Crippen LogP contribution in [0.5, 0.6) is 5.75 Å². The van der Waals surface area contributed by atoms with E-state index in [1.54, 1.807) is 32.0 Å². The lowest BCUT2D eigenvalue weighted by Gasteiger charge is -2.35. The van der Waals surface area contributed by atoms with Crippen molar-refractivity contribution in [3.63, 3.8) is 0 Å². The number of fused-ring (bicyclic) bond motifs is 1. The first kappa shape index (κ1) is 30.6. The van der Waals surface area contributed by atoms with E-state index in [2.05, 4.69) is 15.5 Å². The molecule has 4 rings (SSSR count). The zero-order valence-corrected chi connectivity index (χ0v) is 24.3. The van der Waals surface area contributed by atoms with E-state index in [0.29, 0.717) is 33.1 Å². The Labute approximate surface area is 246 Å². The molecule has 0 aliphatic carbocycles. The molecule has 2 N–H and O–H groups in total. The highest BCUT2D eigenvalue weighted by molar-refractivity contribution is 6.32. The Balaban J connectivity index is 1.41. The van der Waals surface area contributed by atoms with Gasteiger partial charge in [-0.2, -0.15) is 0 Å². The Morgan fingerprint density at radius 3 is 2.45 bits per heavy atom. The second-order valence-electron chi connectivity index (χ2n) is 9.79. The molecule has 3 heterocycles. The molecule has 0 saturated carbocycles. The number of carbonyl (C=O) groups excluding carboxylic acids is 3. The number of aliphatic carboxylic acids is 1. The Bertz CT molecular complexity index is 1480. The fourth-order valence-electron chi connectivity index (χ4n) is 4.51. The van der Waals surface area contributed by atoms with Gasteiger partial charge in [0.15, 0.2) is 0 Å². The van der Waals surface area contributed by atoms with E-state index in [4.69, 9.17) is 25.6 Å². The van der Waals surface area contributed by atoms with Gasteiger partial charge < -0.3 is 34.2 Å². The van der Waals surface area contributed by atoms with Crippen LogP contribution < -0.4 is 10.1 Å². The van der Waals surface area contributed by atoms with Crippen molar-refractivity contribution in [1.29, 1.82) is 0 Å². The number of benzene rings is 1. The molecule has 1 fully saturated rings. The second-order valence-corrected chi connectivity index (χ2v) is 10.2. The van der Waals surface area contributed by atoms with Crippen molar-refractivity contribution < 1.29 is 38.3 Å². The zero-order chi connectivity index (χ0) is 30.4. The quantitative estimate of drug-likeness (QED) is 0.330. The Kier molecular flexibility index (Phi) is 9.84. The number of rotatable bonds is 10. The van der Waals surface area contributed by atoms with Crippen LogP contribution in [0.2, 0.25) is 5.02 Å². The van der Waals surface area contributed by atoms with Gasteiger partial charge >= 0.3 is 12.1 Å². The highest BCUT2D eigenvalue weighted by atomic mass is 35.5. The Morgan fingerprint density at radius 1 is 1.10 bits per heavy atom. The van der Waals surface area contributed by atoms with Crippen LogP contribution in [0.4, 0.5) is 4.79 Å². The molecule has 1 atom stereocenters. The summed E-state index contributed by atoms with van der Waals surface area (Å²) in [7, 11) is 0. The number of halogens is 1. The maximum atomic E-state index is 13.1. The number of amides is 3. The van der Waals surface area contributed by atoms with Crippen molar-refractivity contribution in [2.75, 3.05) is 39.3 Å². The van der Waals surface area contributed by atoms with Gasteiger partial charge in [0, 0.05) is 55.3 Å². The highest BCUT2D eigenvalue weighted by Crippen LogP contribution is 2.31. The lowest BCUT2D eigenvalue weighted by Crippen LogP contribution is -2.53. The number of aryl methyl sites for hydroxylation is 2. The molecule has 1 saturated heterocycles. The third kappa shape index (κ3) is 7.27. The first-order chi connectivity index (χ1) is 20.1. The molecule has 1 aliphatic rings. The van der Waals surface area contributed by atoms with Crippen LogP contribution >= 0.6 is 11.6 Å². The number of piperazine rings is 1. The molecule has 42 heavy (non-hydrogen) atoms. The first-order valence-corrected chi connectivity index (χ1v) is 13.8. The average Bonchev–Trinajstić information content (AvgIpc) is 3.39. The number of hydrogen-bond donors (Lipinski definition) is 2. The predicted octanol–water partition coefficient (Wildman–Crippen LogP) is 3.19. The third-order valence-electron chi connectivity index (χ3n) is 6.77. The van der Waals surface area contributed by atoms with E-state index in [0.717, 1.165) is 5.56 Å². The van der Waals surface area contributed by atoms with Gasteiger partial charge in [-0.3, -0.25) is 14.4 Å². The summed E-state index contributed by atoms with van der Waals surface area (Å²) in [6, 6.07) is 6.65. The van der Waals surface area contributed by atoms with Crippen molar-refractivity contribution in [2.45, 2.75) is 33.8 Å². The second kappa shape index (κ2) is 13.5. The van der Waals surface area contributed by atoms with E-state index in [9.17, 15) is 24.3 Å². The summed E-state index contributed by atoms with van der Waals surface area (Å²) < 4.78 is 16.0. The number of carboxylic acids is 1. The van der Waals surface area contributed by atoms with E-state index in [1.165, 1.54) is 15.9 Å². The molecule has 2 aromatic heterocycles. The summed E-state index contributed by atoms with van der Waals surface area (Å²) in [6.07, 6.45) is -0.598. The van der Waals surface area contributed by atoms with Crippen molar-refractivity contribution in [2.24, 2.45) is 5.92 Å². The van der Waals surface area contributed by atoms with Gasteiger partial charge in [-0.25, -0.2) is 9.78 Å². The number of carboxylic acid groups (broad SMARTS) is 1. The summed E-state index contributed by atoms with van der Waals surface area (Å²) in [5.74, 6) is -2.81. The standard InChI is InChI=1S/C28H32ClN5O8/c1-4-40-28(39)34-9-7-33(8-10-34)26(36)19(27(37)38)5-6-30-25(35)23-14-24(41-15-18-12-17(3)42-32-18)20-13-21(29)16(2)11-22(20)31-23/h11-14,19H,4-10,15H2,1-3H3,(H,30,35)(H,37,38). The summed E-state index contributed by atoms with van der Waals surface area (Å²) in [4.78, 5) is 57.2. The molecular formula is C28H32ClN5O8. The monoisotopic (exact) mass is 601 g/mol. The predicted molar refractivity (Wildman–Crippen MR) is 150 cm³/mol. The number of pyridine rings is 1. The van der Waals surface area contributed by atoms with Gasteiger partial charge in [0.25, 0.3) is 5.91 Å². The summed E-state index contributed by atoms with van der Waals surface area (Å²) in [5, 5.41) is 17.4. The van der Waals surface area contributed by atoms with E-state index in [-0.39, 0.29) is 58.1 Å². The maximum absolute atomic E-state index is 13.1.